The molecule has 0 bridgehead atoms. The Kier molecular flexibility index (Phi) is 4.36. The Labute approximate surface area is 74.5 Å². The largest absolute Gasteiger partial charge is 0.481 e. The summed E-state index contributed by atoms with van der Waals surface area (Å²) in [5, 5.41) is 17.2. The van der Waals surface area contributed by atoms with E-state index >= 15 is 0 Å². The number of carboxylic acids is 2. The van der Waals surface area contributed by atoms with Crippen LogP contribution in [0.1, 0.15) is 13.3 Å². The van der Waals surface area contributed by atoms with E-state index in [1.807, 2.05) is 0 Å². The van der Waals surface area contributed by atoms with Gasteiger partial charge in [0.05, 0.1) is 0 Å². The summed E-state index contributed by atoms with van der Waals surface area (Å²) in [5.74, 6) is -4.10. The highest BCUT2D eigenvalue weighted by atomic mass is 35.5. The Morgan fingerprint density at radius 2 is 1.83 bits per heavy atom. The third-order valence-corrected chi connectivity index (χ3v) is 1.39. The topological polar surface area (TPSA) is 74.6 Å². The van der Waals surface area contributed by atoms with Gasteiger partial charge in [0, 0.05) is 5.03 Å². The number of hydrogen-bond acceptors (Lipinski definition) is 2. The molecule has 68 valence electrons. The first kappa shape index (κ1) is 11.0. The average molecular weight is 193 g/mol. The quantitative estimate of drug-likeness (QED) is 0.659. The SMILES string of the molecule is C/C(Cl)=C\CC(C(=O)O)C(=O)O. The van der Waals surface area contributed by atoms with Crippen molar-refractivity contribution in [2.45, 2.75) is 13.3 Å². The molecule has 4 nitrogen and oxygen atoms in total. The fourth-order valence-electron chi connectivity index (χ4n) is 0.588. The Balaban J connectivity index is 4.25. The maximum atomic E-state index is 10.3. The highest BCUT2D eigenvalue weighted by molar-refractivity contribution is 6.29. The van der Waals surface area contributed by atoms with Crippen molar-refractivity contribution in [1.82, 2.24) is 0 Å². The summed E-state index contributed by atoms with van der Waals surface area (Å²) in [5.41, 5.74) is 0. The molecule has 2 N–H and O–H groups in total. The van der Waals surface area contributed by atoms with Gasteiger partial charge in [-0.15, -0.1) is 0 Å². The van der Waals surface area contributed by atoms with Gasteiger partial charge in [0.25, 0.3) is 0 Å². The van der Waals surface area contributed by atoms with Gasteiger partial charge in [0.2, 0.25) is 0 Å². The van der Waals surface area contributed by atoms with Gasteiger partial charge < -0.3 is 10.2 Å². The van der Waals surface area contributed by atoms with Crippen LogP contribution in [-0.4, -0.2) is 22.2 Å². The first-order valence-electron chi connectivity index (χ1n) is 3.23. The molecule has 5 heteroatoms. The molecule has 12 heavy (non-hydrogen) atoms. The van der Waals surface area contributed by atoms with Crippen LogP contribution in [0.4, 0.5) is 0 Å². The normalized spacial score (nSPS) is 11.8. The van der Waals surface area contributed by atoms with Crippen LogP contribution < -0.4 is 0 Å². The first-order valence-corrected chi connectivity index (χ1v) is 3.60. The second-order valence-electron chi connectivity index (χ2n) is 2.26. The summed E-state index contributed by atoms with van der Waals surface area (Å²) in [4.78, 5) is 20.6. The monoisotopic (exact) mass is 192 g/mol. The van der Waals surface area contributed by atoms with Crippen LogP contribution in [0.25, 0.3) is 0 Å². The number of carboxylic acid groups (broad SMARTS) is 2. The molecule has 0 saturated carbocycles. The van der Waals surface area contributed by atoms with Gasteiger partial charge in [0.1, 0.15) is 0 Å². The first-order chi connectivity index (χ1) is 5.45. The van der Waals surface area contributed by atoms with Crippen LogP contribution in [0.3, 0.4) is 0 Å². The lowest BCUT2D eigenvalue weighted by Gasteiger charge is -2.02. The highest BCUT2D eigenvalue weighted by Crippen LogP contribution is 2.09. The van der Waals surface area contributed by atoms with E-state index in [1.165, 1.54) is 6.08 Å². The summed E-state index contributed by atoms with van der Waals surface area (Å²) in [6.07, 6.45) is 1.29. The number of carbonyl (C=O) groups is 2. The van der Waals surface area contributed by atoms with Gasteiger partial charge in [-0.05, 0) is 13.3 Å². The molecule has 0 heterocycles. The van der Waals surface area contributed by atoms with E-state index < -0.39 is 17.9 Å². The molecule has 0 aliphatic rings. The fourth-order valence-corrected chi connectivity index (χ4v) is 0.677. The van der Waals surface area contributed by atoms with E-state index in [4.69, 9.17) is 21.8 Å². The lowest BCUT2D eigenvalue weighted by atomic mass is 10.1. The van der Waals surface area contributed by atoms with E-state index in [1.54, 1.807) is 6.92 Å². The molecule has 0 aliphatic heterocycles. The fraction of sp³-hybridized carbons (Fsp3) is 0.429. The molecule has 0 amide bonds. The van der Waals surface area contributed by atoms with Crippen LogP contribution in [0.15, 0.2) is 11.1 Å². The summed E-state index contributed by atoms with van der Waals surface area (Å²) >= 11 is 5.41. The van der Waals surface area contributed by atoms with E-state index in [0.29, 0.717) is 5.03 Å². The molecule has 0 aliphatic carbocycles. The number of allylic oxidation sites excluding steroid dienone is 2. The molecule has 0 spiro atoms. The molecule has 0 unspecified atom stereocenters. The predicted octanol–water partition coefficient (Wildman–Crippen LogP) is 1.30. The van der Waals surface area contributed by atoms with Crippen molar-refractivity contribution in [2.24, 2.45) is 5.92 Å². The Morgan fingerprint density at radius 3 is 2.08 bits per heavy atom. The van der Waals surface area contributed by atoms with Crippen molar-refractivity contribution < 1.29 is 19.8 Å². The minimum Gasteiger partial charge on any atom is -0.481 e. The van der Waals surface area contributed by atoms with Gasteiger partial charge in [-0.3, -0.25) is 9.59 Å². The Bertz CT molecular complexity index is 203. The van der Waals surface area contributed by atoms with Gasteiger partial charge in [0.15, 0.2) is 5.92 Å². The van der Waals surface area contributed by atoms with Crippen LogP contribution in [0, 0.1) is 5.92 Å². The lowest BCUT2D eigenvalue weighted by Crippen LogP contribution is -2.22. The summed E-state index contributed by atoms with van der Waals surface area (Å²) < 4.78 is 0. The van der Waals surface area contributed by atoms with E-state index in [-0.39, 0.29) is 6.42 Å². The van der Waals surface area contributed by atoms with Gasteiger partial charge in [-0.25, -0.2) is 0 Å². The Morgan fingerprint density at radius 1 is 1.42 bits per heavy atom. The predicted molar refractivity (Wildman–Crippen MR) is 43.0 cm³/mol. The minimum absolute atomic E-state index is 0.0833. The number of halogens is 1. The third kappa shape index (κ3) is 3.98. The summed E-state index contributed by atoms with van der Waals surface area (Å²) in [6, 6.07) is 0. The van der Waals surface area contributed by atoms with Crippen LogP contribution >= 0.6 is 11.6 Å². The second kappa shape index (κ2) is 4.77. The minimum atomic E-state index is -1.40. The summed E-state index contributed by atoms with van der Waals surface area (Å²) in [6.45, 7) is 1.56. The molecule has 0 saturated heterocycles. The molecule has 0 aromatic carbocycles. The molecular formula is C7H9ClO4. The van der Waals surface area contributed by atoms with Crippen molar-refractivity contribution in [3.63, 3.8) is 0 Å². The molecule has 0 fully saturated rings. The van der Waals surface area contributed by atoms with Crippen molar-refractivity contribution >= 4 is 23.5 Å². The smallest absolute Gasteiger partial charge is 0.318 e. The van der Waals surface area contributed by atoms with E-state index in [2.05, 4.69) is 0 Å². The van der Waals surface area contributed by atoms with E-state index in [9.17, 15) is 9.59 Å². The zero-order valence-corrected chi connectivity index (χ0v) is 7.21. The van der Waals surface area contributed by atoms with E-state index in [0.717, 1.165) is 0 Å². The average Bonchev–Trinajstić information content (AvgIpc) is 1.84. The maximum Gasteiger partial charge on any atom is 0.318 e. The molecule has 0 rings (SSSR count). The molecule has 0 aromatic rings. The number of aliphatic carboxylic acids is 2. The number of hydrogen-bond donors (Lipinski definition) is 2. The van der Waals surface area contributed by atoms with Gasteiger partial charge >= 0.3 is 11.9 Å². The van der Waals surface area contributed by atoms with Crippen molar-refractivity contribution in [2.75, 3.05) is 0 Å². The van der Waals surface area contributed by atoms with Crippen molar-refractivity contribution in [3.05, 3.63) is 11.1 Å². The Hall–Kier alpha value is -1.03. The summed E-state index contributed by atoms with van der Waals surface area (Å²) in [7, 11) is 0. The molecule has 0 radical (unpaired) electrons. The van der Waals surface area contributed by atoms with Crippen molar-refractivity contribution in [1.29, 1.82) is 0 Å². The zero-order valence-electron chi connectivity index (χ0n) is 6.45. The van der Waals surface area contributed by atoms with Crippen LogP contribution in [0.5, 0.6) is 0 Å². The zero-order chi connectivity index (χ0) is 9.72. The standard InChI is InChI=1S/C7H9ClO4/c1-4(8)2-3-5(6(9)10)7(11)12/h2,5H,3H2,1H3,(H,9,10)(H,11,12)/b4-2+. The lowest BCUT2D eigenvalue weighted by molar-refractivity contribution is -0.154. The molecule has 0 atom stereocenters. The van der Waals surface area contributed by atoms with Gasteiger partial charge in [-0.2, -0.15) is 0 Å². The van der Waals surface area contributed by atoms with Crippen LogP contribution in [-0.2, 0) is 9.59 Å². The number of rotatable bonds is 4. The van der Waals surface area contributed by atoms with Crippen LogP contribution in [0.2, 0.25) is 0 Å². The maximum absolute atomic E-state index is 10.3. The third-order valence-electron chi connectivity index (χ3n) is 1.23. The molecule has 0 aromatic heterocycles. The molecular weight excluding hydrogens is 184 g/mol. The highest BCUT2D eigenvalue weighted by Gasteiger charge is 2.23. The van der Waals surface area contributed by atoms with Gasteiger partial charge in [-0.1, -0.05) is 17.7 Å². The van der Waals surface area contributed by atoms with Crippen molar-refractivity contribution in [3.8, 4) is 0 Å². The second-order valence-corrected chi connectivity index (χ2v) is 2.85.